The number of benzene rings is 2. The number of nitrogens with zero attached hydrogens (tertiary/aromatic N) is 3. The third-order valence-electron chi connectivity index (χ3n) is 5.85. The highest BCUT2D eigenvalue weighted by molar-refractivity contribution is 6.03. The molecule has 176 valence electrons. The lowest BCUT2D eigenvalue weighted by molar-refractivity contribution is -0.133. The highest BCUT2D eigenvalue weighted by atomic mass is 16.5. The van der Waals surface area contributed by atoms with Crippen LogP contribution >= 0.6 is 0 Å². The van der Waals surface area contributed by atoms with Gasteiger partial charge in [-0.1, -0.05) is 18.2 Å². The Morgan fingerprint density at radius 2 is 1.82 bits per heavy atom. The smallest absolute Gasteiger partial charge is 0.317 e. The summed E-state index contributed by atoms with van der Waals surface area (Å²) in [5, 5.41) is 8.91. The summed E-state index contributed by atoms with van der Waals surface area (Å²) < 4.78 is 10.8. The number of carbonyl (C=O) groups is 2. The molecule has 1 aliphatic rings. The van der Waals surface area contributed by atoms with Crippen molar-refractivity contribution in [2.24, 2.45) is 5.10 Å². The zero-order valence-electron chi connectivity index (χ0n) is 20.1. The van der Waals surface area contributed by atoms with Crippen LogP contribution in [0.1, 0.15) is 41.6 Å². The van der Waals surface area contributed by atoms with Crippen molar-refractivity contribution in [1.29, 1.82) is 0 Å². The standard InChI is InChI=1S/C25H32N4O4/c1-7-26-25(31)28(4)15-24(30)29-21(19-10-11-22(32-5)23(13-19)33-6)14-20(27-29)18-9-8-16(2)17(3)12-18/h8-13,21H,7,14-15H2,1-6H3,(H,26,31)/t21-/m1/s1. The van der Waals surface area contributed by atoms with Crippen LogP contribution in [0.2, 0.25) is 0 Å². The minimum absolute atomic E-state index is 0.0840. The zero-order chi connectivity index (χ0) is 24.1. The van der Waals surface area contributed by atoms with Crippen molar-refractivity contribution in [2.45, 2.75) is 33.2 Å². The third kappa shape index (κ3) is 5.27. The van der Waals surface area contributed by atoms with Crippen molar-refractivity contribution >= 4 is 17.6 Å². The van der Waals surface area contributed by atoms with Gasteiger partial charge in [0, 0.05) is 20.0 Å². The number of ether oxygens (including phenoxy) is 2. The summed E-state index contributed by atoms with van der Waals surface area (Å²) in [5.41, 5.74) is 5.05. The van der Waals surface area contributed by atoms with Gasteiger partial charge in [-0.15, -0.1) is 0 Å². The number of aryl methyl sites for hydroxylation is 2. The summed E-state index contributed by atoms with van der Waals surface area (Å²) in [4.78, 5) is 26.8. The van der Waals surface area contributed by atoms with Gasteiger partial charge in [0.25, 0.3) is 5.91 Å². The first-order valence-electron chi connectivity index (χ1n) is 11.0. The fourth-order valence-corrected chi connectivity index (χ4v) is 3.79. The topological polar surface area (TPSA) is 83.5 Å². The van der Waals surface area contributed by atoms with E-state index in [1.54, 1.807) is 21.3 Å². The lowest BCUT2D eigenvalue weighted by atomic mass is 9.96. The molecule has 8 heteroatoms. The van der Waals surface area contributed by atoms with Gasteiger partial charge in [0.2, 0.25) is 0 Å². The molecule has 0 aromatic heterocycles. The molecule has 2 aromatic carbocycles. The number of hydrazone groups is 1. The van der Waals surface area contributed by atoms with Gasteiger partial charge in [-0.2, -0.15) is 5.10 Å². The van der Waals surface area contributed by atoms with Crippen molar-refractivity contribution < 1.29 is 19.1 Å². The number of nitrogens with one attached hydrogen (secondary N) is 1. The van der Waals surface area contributed by atoms with Gasteiger partial charge in [-0.25, -0.2) is 9.80 Å². The molecule has 0 radical (unpaired) electrons. The minimum Gasteiger partial charge on any atom is -0.493 e. The highest BCUT2D eigenvalue weighted by Gasteiger charge is 2.34. The van der Waals surface area contributed by atoms with E-state index >= 15 is 0 Å². The molecule has 0 aliphatic carbocycles. The van der Waals surface area contributed by atoms with Crippen LogP contribution < -0.4 is 14.8 Å². The van der Waals surface area contributed by atoms with Crippen LogP contribution in [-0.2, 0) is 4.79 Å². The summed E-state index contributed by atoms with van der Waals surface area (Å²) in [6, 6.07) is 11.2. The highest BCUT2D eigenvalue weighted by Crippen LogP contribution is 2.37. The first kappa shape index (κ1) is 24.1. The lowest BCUT2D eigenvalue weighted by Crippen LogP contribution is -2.43. The van der Waals surface area contributed by atoms with Gasteiger partial charge >= 0.3 is 6.03 Å². The molecule has 33 heavy (non-hydrogen) atoms. The molecule has 8 nitrogen and oxygen atoms in total. The molecular weight excluding hydrogens is 420 g/mol. The van der Waals surface area contributed by atoms with Gasteiger partial charge in [0.05, 0.1) is 26.0 Å². The summed E-state index contributed by atoms with van der Waals surface area (Å²) in [5.74, 6) is 0.937. The van der Waals surface area contributed by atoms with E-state index in [0.29, 0.717) is 24.5 Å². The second kappa shape index (κ2) is 10.4. The van der Waals surface area contributed by atoms with Gasteiger partial charge in [0.1, 0.15) is 6.54 Å². The Labute approximate surface area is 195 Å². The Kier molecular flexibility index (Phi) is 7.58. The van der Waals surface area contributed by atoms with Crippen molar-refractivity contribution in [1.82, 2.24) is 15.2 Å². The Hall–Kier alpha value is -3.55. The normalized spacial score (nSPS) is 15.2. The van der Waals surface area contributed by atoms with E-state index in [4.69, 9.17) is 14.6 Å². The number of likely N-dealkylation sites (N-methyl/N-ethyl adjacent to an activating group) is 1. The molecule has 3 rings (SSSR count). The maximum atomic E-state index is 13.3. The molecular formula is C25H32N4O4. The second-order valence-corrected chi connectivity index (χ2v) is 8.11. The number of rotatable bonds is 7. The van der Waals surface area contributed by atoms with Gasteiger partial charge in [-0.05, 0) is 61.2 Å². The van der Waals surface area contributed by atoms with E-state index in [1.165, 1.54) is 21.0 Å². The molecule has 0 saturated heterocycles. The molecule has 0 saturated carbocycles. The van der Waals surface area contributed by atoms with Crippen LogP contribution in [-0.4, -0.2) is 61.9 Å². The molecule has 1 aliphatic heterocycles. The average Bonchev–Trinajstić information content (AvgIpc) is 3.26. The first-order valence-corrected chi connectivity index (χ1v) is 11.0. The van der Waals surface area contributed by atoms with Gasteiger partial charge in [-0.3, -0.25) is 4.79 Å². The van der Waals surface area contributed by atoms with Gasteiger partial charge in [0.15, 0.2) is 11.5 Å². The summed E-state index contributed by atoms with van der Waals surface area (Å²) in [6.45, 7) is 6.37. The Bertz CT molecular complexity index is 1070. The van der Waals surface area contributed by atoms with Crippen LogP contribution in [0.15, 0.2) is 41.5 Å². The Morgan fingerprint density at radius 3 is 2.45 bits per heavy atom. The number of carbonyl (C=O) groups excluding carboxylic acids is 2. The molecule has 2 aromatic rings. The summed E-state index contributed by atoms with van der Waals surface area (Å²) in [7, 11) is 4.76. The minimum atomic E-state index is -0.323. The van der Waals surface area contributed by atoms with Crippen molar-refractivity contribution in [3.63, 3.8) is 0 Å². The van der Waals surface area contributed by atoms with Crippen LogP contribution in [0.5, 0.6) is 11.5 Å². The van der Waals surface area contributed by atoms with Crippen LogP contribution in [0, 0.1) is 13.8 Å². The number of methoxy groups -OCH3 is 2. The number of hydrogen-bond donors (Lipinski definition) is 1. The molecule has 1 atom stereocenters. The Balaban J connectivity index is 1.95. The van der Waals surface area contributed by atoms with E-state index in [0.717, 1.165) is 16.8 Å². The van der Waals surface area contributed by atoms with E-state index < -0.39 is 0 Å². The third-order valence-corrected chi connectivity index (χ3v) is 5.85. The molecule has 0 spiro atoms. The fourth-order valence-electron chi connectivity index (χ4n) is 3.79. The monoisotopic (exact) mass is 452 g/mol. The van der Waals surface area contributed by atoms with Crippen molar-refractivity contribution in [2.75, 3.05) is 34.4 Å². The maximum absolute atomic E-state index is 13.3. The Morgan fingerprint density at radius 1 is 1.09 bits per heavy atom. The molecule has 0 bridgehead atoms. The predicted octanol–water partition coefficient (Wildman–Crippen LogP) is 3.66. The molecule has 0 fully saturated rings. The number of amides is 3. The van der Waals surface area contributed by atoms with Crippen molar-refractivity contribution in [3.05, 3.63) is 58.7 Å². The van der Waals surface area contributed by atoms with E-state index in [1.807, 2.05) is 31.2 Å². The van der Waals surface area contributed by atoms with Crippen LogP contribution in [0.3, 0.4) is 0 Å². The first-order chi connectivity index (χ1) is 15.8. The molecule has 1 N–H and O–H groups in total. The summed E-state index contributed by atoms with van der Waals surface area (Å²) >= 11 is 0. The van der Waals surface area contributed by atoms with E-state index in [9.17, 15) is 9.59 Å². The van der Waals surface area contributed by atoms with Gasteiger partial charge < -0.3 is 19.7 Å². The SMILES string of the molecule is CCNC(=O)N(C)CC(=O)N1N=C(c2ccc(C)c(C)c2)C[C@@H]1c1ccc(OC)c(OC)c1. The largest absolute Gasteiger partial charge is 0.493 e. The fraction of sp³-hybridized carbons (Fsp3) is 0.400. The quantitative estimate of drug-likeness (QED) is 0.695. The van der Waals surface area contributed by atoms with Crippen molar-refractivity contribution in [3.8, 4) is 11.5 Å². The summed E-state index contributed by atoms with van der Waals surface area (Å²) in [6.07, 6.45) is 0.550. The predicted molar refractivity (Wildman–Crippen MR) is 128 cm³/mol. The number of urea groups is 1. The maximum Gasteiger partial charge on any atom is 0.317 e. The zero-order valence-corrected chi connectivity index (χ0v) is 20.1. The lowest BCUT2D eigenvalue weighted by Gasteiger charge is -2.25. The number of hydrogen-bond acceptors (Lipinski definition) is 5. The average molecular weight is 453 g/mol. The van der Waals surface area contributed by atoms with E-state index in [2.05, 4.69) is 31.3 Å². The molecule has 0 unspecified atom stereocenters. The molecule has 1 heterocycles. The second-order valence-electron chi connectivity index (χ2n) is 8.11. The van der Waals surface area contributed by atoms with E-state index in [-0.39, 0.29) is 24.5 Å². The van der Waals surface area contributed by atoms with Crippen LogP contribution in [0.25, 0.3) is 0 Å². The molecule has 3 amide bonds. The van der Waals surface area contributed by atoms with Crippen LogP contribution in [0.4, 0.5) is 4.79 Å².